The number of ether oxygens (including phenoxy) is 1. The van der Waals surface area contributed by atoms with Crippen LogP contribution in [0.5, 0.6) is 5.75 Å². The molecule has 2 aliphatic carbocycles. The van der Waals surface area contributed by atoms with Gasteiger partial charge in [-0.3, -0.25) is 4.79 Å². The van der Waals surface area contributed by atoms with Crippen molar-refractivity contribution in [2.24, 2.45) is 11.3 Å². The summed E-state index contributed by atoms with van der Waals surface area (Å²) in [6.45, 7) is 4.14. The van der Waals surface area contributed by atoms with Crippen LogP contribution in [-0.4, -0.2) is 20.3 Å². The van der Waals surface area contributed by atoms with Gasteiger partial charge in [-0.25, -0.2) is 17.9 Å². The van der Waals surface area contributed by atoms with Gasteiger partial charge in [-0.1, -0.05) is 60.7 Å². The second kappa shape index (κ2) is 10.6. The number of carbonyl (C=O) groups excluding carboxylic acids is 2. The molecule has 0 radical (unpaired) electrons. The van der Waals surface area contributed by atoms with E-state index in [9.17, 15) is 18.0 Å². The Kier molecular flexibility index (Phi) is 7.53. The zero-order valence-electron chi connectivity index (χ0n) is 21.7. The van der Waals surface area contributed by atoms with E-state index in [2.05, 4.69) is 6.92 Å². The maximum atomic E-state index is 12.9. The van der Waals surface area contributed by atoms with Gasteiger partial charge in [0.2, 0.25) is 0 Å². The number of benzene rings is 3. The third-order valence-electron chi connectivity index (χ3n) is 8.03. The number of fused-ring (bicyclic) bond motifs is 1. The molecule has 2 aliphatic rings. The molecule has 0 heterocycles. The van der Waals surface area contributed by atoms with Crippen molar-refractivity contribution in [2.45, 2.75) is 57.3 Å². The second-order valence-electron chi connectivity index (χ2n) is 10.8. The molecule has 3 aromatic rings. The number of sulfonamides is 1. The molecular weight excluding hydrogens is 557 g/mol. The first-order chi connectivity index (χ1) is 18.5. The zero-order valence-corrected chi connectivity index (χ0v) is 24.0. The highest BCUT2D eigenvalue weighted by Crippen LogP contribution is 2.52. The summed E-state index contributed by atoms with van der Waals surface area (Å²) in [7, 11) is -4.04. The van der Waals surface area contributed by atoms with Gasteiger partial charge in [0.05, 0.1) is 15.5 Å². The highest BCUT2D eigenvalue weighted by molar-refractivity contribution is 7.90. The number of aryl methyl sites for hydroxylation is 1. The Morgan fingerprint density at radius 1 is 0.923 bits per heavy atom. The summed E-state index contributed by atoms with van der Waals surface area (Å²) in [4.78, 5) is 25.5. The summed E-state index contributed by atoms with van der Waals surface area (Å²) in [5, 5.41) is 0.636. The molecule has 0 bridgehead atoms. The van der Waals surface area contributed by atoms with Crippen molar-refractivity contribution in [3.05, 3.63) is 92.5 Å². The Morgan fingerprint density at radius 2 is 1.54 bits per heavy atom. The number of hydrogen-bond acceptors (Lipinski definition) is 5. The van der Waals surface area contributed by atoms with Gasteiger partial charge in [-0.2, -0.15) is 0 Å². The predicted octanol–water partition coefficient (Wildman–Crippen LogP) is 6.93. The number of nitrogens with one attached hydrogen (secondary N) is 1. The van der Waals surface area contributed by atoms with Crippen LogP contribution in [0.4, 0.5) is 0 Å². The molecule has 5 rings (SSSR count). The molecule has 1 unspecified atom stereocenters. The zero-order chi connectivity index (χ0) is 27.9. The Morgan fingerprint density at radius 3 is 2.18 bits per heavy atom. The molecule has 3 aromatic carbocycles. The summed E-state index contributed by atoms with van der Waals surface area (Å²) in [5.74, 6) is -0.626. The Hall–Kier alpha value is -2.87. The van der Waals surface area contributed by atoms with Gasteiger partial charge in [-0.05, 0) is 97.5 Å². The Balaban J connectivity index is 1.28. The van der Waals surface area contributed by atoms with Crippen LogP contribution in [0.15, 0.2) is 59.5 Å². The van der Waals surface area contributed by atoms with Crippen molar-refractivity contribution in [3.63, 3.8) is 0 Å². The summed E-state index contributed by atoms with van der Waals surface area (Å²) < 4.78 is 32.7. The molecule has 0 saturated heterocycles. The molecule has 0 spiro atoms. The molecule has 0 aromatic heterocycles. The summed E-state index contributed by atoms with van der Waals surface area (Å²) in [5.41, 5.74) is 3.37. The average molecular weight is 587 g/mol. The van der Waals surface area contributed by atoms with Crippen LogP contribution < -0.4 is 9.46 Å². The van der Waals surface area contributed by atoms with Crippen molar-refractivity contribution in [2.75, 3.05) is 0 Å². The lowest BCUT2D eigenvalue weighted by molar-refractivity contribution is 0.0734. The van der Waals surface area contributed by atoms with E-state index in [4.69, 9.17) is 27.9 Å². The molecule has 39 heavy (non-hydrogen) atoms. The number of esters is 1. The quantitative estimate of drug-likeness (QED) is 0.250. The van der Waals surface area contributed by atoms with Crippen LogP contribution in [0.25, 0.3) is 0 Å². The molecule has 1 atom stereocenters. The van der Waals surface area contributed by atoms with Crippen LogP contribution in [0, 0.1) is 18.3 Å². The van der Waals surface area contributed by atoms with E-state index in [1.54, 1.807) is 12.1 Å². The third kappa shape index (κ3) is 5.58. The molecular formula is C30H29Cl2NO5S. The van der Waals surface area contributed by atoms with Gasteiger partial charge < -0.3 is 4.74 Å². The van der Waals surface area contributed by atoms with E-state index in [-0.39, 0.29) is 32.2 Å². The molecule has 1 fully saturated rings. The van der Waals surface area contributed by atoms with Crippen molar-refractivity contribution in [3.8, 4) is 5.75 Å². The first kappa shape index (κ1) is 27.7. The van der Waals surface area contributed by atoms with Gasteiger partial charge in [-0.15, -0.1) is 0 Å². The van der Waals surface area contributed by atoms with E-state index in [1.165, 1.54) is 62.1 Å². The van der Waals surface area contributed by atoms with Gasteiger partial charge in [0.25, 0.3) is 15.9 Å². The summed E-state index contributed by atoms with van der Waals surface area (Å²) in [6.07, 6.45) is 6.70. The highest BCUT2D eigenvalue weighted by Gasteiger charge is 2.42. The second-order valence-corrected chi connectivity index (χ2v) is 13.3. The molecule has 0 aliphatic heterocycles. The lowest BCUT2D eigenvalue weighted by atomic mass is 9.74. The van der Waals surface area contributed by atoms with Crippen LogP contribution in [0.3, 0.4) is 0 Å². The fourth-order valence-electron chi connectivity index (χ4n) is 5.80. The minimum Gasteiger partial charge on any atom is -0.421 e. The fraction of sp³-hybridized carbons (Fsp3) is 0.333. The number of hydrogen-bond donors (Lipinski definition) is 1. The molecule has 1 amide bonds. The number of rotatable bonds is 6. The van der Waals surface area contributed by atoms with Crippen molar-refractivity contribution in [1.82, 2.24) is 4.72 Å². The van der Waals surface area contributed by atoms with Crippen LogP contribution in [0.1, 0.15) is 70.0 Å². The van der Waals surface area contributed by atoms with Crippen molar-refractivity contribution < 1.29 is 22.7 Å². The monoisotopic (exact) mass is 585 g/mol. The van der Waals surface area contributed by atoms with E-state index in [0.717, 1.165) is 29.5 Å². The lowest BCUT2D eigenvalue weighted by Crippen LogP contribution is -2.30. The van der Waals surface area contributed by atoms with E-state index < -0.39 is 21.9 Å². The van der Waals surface area contributed by atoms with Gasteiger partial charge in [0, 0.05) is 5.56 Å². The van der Waals surface area contributed by atoms with Crippen molar-refractivity contribution in [1.29, 1.82) is 0 Å². The topological polar surface area (TPSA) is 89.5 Å². The average Bonchev–Trinajstić information content (AvgIpc) is 3.56. The Labute approximate surface area is 238 Å². The molecule has 1 N–H and O–H groups in total. The first-order valence-electron chi connectivity index (χ1n) is 12.9. The smallest absolute Gasteiger partial charge is 0.343 e. The van der Waals surface area contributed by atoms with Gasteiger partial charge >= 0.3 is 5.97 Å². The van der Waals surface area contributed by atoms with Crippen LogP contribution >= 0.6 is 23.2 Å². The minimum atomic E-state index is -4.04. The van der Waals surface area contributed by atoms with Crippen molar-refractivity contribution >= 4 is 45.1 Å². The minimum absolute atomic E-state index is 0.0184. The largest absolute Gasteiger partial charge is 0.421 e. The summed E-state index contributed by atoms with van der Waals surface area (Å²) >= 11 is 13.2. The van der Waals surface area contributed by atoms with E-state index >= 15 is 0 Å². The normalized spacial score (nSPS) is 19.1. The van der Waals surface area contributed by atoms with Crippen LogP contribution in [0.2, 0.25) is 10.0 Å². The molecule has 1 saturated carbocycles. The Bertz CT molecular complexity index is 1550. The number of carbonyl (C=O) groups is 2. The predicted molar refractivity (Wildman–Crippen MR) is 151 cm³/mol. The maximum Gasteiger partial charge on any atom is 0.343 e. The van der Waals surface area contributed by atoms with E-state index in [0.29, 0.717) is 10.9 Å². The summed E-state index contributed by atoms with van der Waals surface area (Å²) in [6, 6.07) is 13.5. The number of amides is 1. The van der Waals surface area contributed by atoms with Crippen LogP contribution in [-0.2, 0) is 22.9 Å². The fourth-order valence-corrected chi connectivity index (χ4v) is 7.26. The standard InChI is InChI=1S/C30H29Cl2NO5S/c1-18-7-13-23(14-8-18)39(36,37)33-28(34)19-9-11-20(12-10-19)29(35)38-25-15-21-16-30(2,22-5-3-4-6-22)17-24(21)26(31)27(25)32/h7-15,22H,3-6,16-17H2,1-2H3,(H,33,34). The lowest BCUT2D eigenvalue weighted by Gasteiger charge is -2.31. The highest BCUT2D eigenvalue weighted by atomic mass is 35.5. The SMILES string of the molecule is Cc1ccc(S(=O)(=O)NC(=O)c2ccc(C(=O)Oc3cc4c(c(Cl)c3Cl)CC(C)(C3CCCC3)C4)cc2)cc1. The third-order valence-corrected chi connectivity index (χ3v) is 10.3. The molecule has 6 nitrogen and oxygen atoms in total. The molecule has 9 heteroatoms. The number of halogens is 2. The molecule has 204 valence electrons. The first-order valence-corrected chi connectivity index (χ1v) is 15.2. The van der Waals surface area contributed by atoms with E-state index in [1.807, 2.05) is 17.7 Å². The van der Waals surface area contributed by atoms with Gasteiger partial charge in [0.1, 0.15) is 5.02 Å². The van der Waals surface area contributed by atoms with Gasteiger partial charge in [0.15, 0.2) is 5.75 Å². The maximum absolute atomic E-state index is 12.9.